The summed E-state index contributed by atoms with van der Waals surface area (Å²) in [7, 11) is 0. The Labute approximate surface area is 134 Å². The summed E-state index contributed by atoms with van der Waals surface area (Å²) in [5, 5.41) is 3.19. The third-order valence-corrected chi connectivity index (χ3v) is 3.44. The number of anilines is 1. The minimum Gasteiger partial charge on any atom is -0.343 e. The Morgan fingerprint density at radius 2 is 1.68 bits per heavy atom. The molecule has 114 valence electrons. The summed E-state index contributed by atoms with van der Waals surface area (Å²) in [5.41, 5.74) is 1.29. The number of para-hydroxylation sites is 1. The van der Waals surface area contributed by atoms with E-state index in [4.69, 9.17) is 11.6 Å². The van der Waals surface area contributed by atoms with Gasteiger partial charge in [-0.15, -0.1) is 0 Å². The molecule has 0 saturated carbocycles. The van der Waals surface area contributed by atoms with Crippen molar-refractivity contribution < 1.29 is 9.59 Å². The van der Waals surface area contributed by atoms with Crippen LogP contribution in [0.2, 0.25) is 5.02 Å². The first kappa shape index (κ1) is 16.0. The molecule has 22 heavy (non-hydrogen) atoms. The fourth-order valence-corrected chi connectivity index (χ4v) is 2.19. The molecule has 2 rings (SSSR count). The Balaban J connectivity index is 1.96. The molecule has 0 aromatic heterocycles. The lowest BCUT2D eigenvalue weighted by Crippen LogP contribution is -2.40. The van der Waals surface area contributed by atoms with Gasteiger partial charge in [0.2, 0.25) is 5.91 Å². The van der Waals surface area contributed by atoms with E-state index in [9.17, 15) is 9.59 Å². The third-order valence-electron chi connectivity index (χ3n) is 3.19. The molecule has 0 unspecified atom stereocenters. The van der Waals surface area contributed by atoms with Gasteiger partial charge in [-0.25, -0.2) is 0 Å². The second kappa shape index (κ2) is 7.61. The lowest BCUT2D eigenvalue weighted by atomic mass is 10.2. The Morgan fingerprint density at radius 3 is 2.27 bits per heavy atom. The van der Waals surface area contributed by atoms with Crippen molar-refractivity contribution in [2.45, 2.75) is 6.92 Å². The fraction of sp³-hybridized carbons (Fsp3) is 0.176. The van der Waals surface area contributed by atoms with Crippen molar-refractivity contribution in [3.63, 3.8) is 0 Å². The number of carbonyl (C=O) groups excluding carboxylic acids is 2. The molecule has 0 aliphatic heterocycles. The van der Waals surface area contributed by atoms with Crippen LogP contribution in [-0.2, 0) is 4.79 Å². The summed E-state index contributed by atoms with van der Waals surface area (Å²) >= 11 is 5.78. The van der Waals surface area contributed by atoms with Gasteiger partial charge in [0, 0.05) is 22.8 Å². The molecule has 5 heteroatoms. The third kappa shape index (κ3) is 4.09. The minimum atomic E-state index is -0.297. The molecule has 2 aromatic rings. The van der Waals surface area contributed by atoms with Crippen molar-refractivity contribution in [3.8, 4) is 0 Å². The summed E-state index contributed by atoms with van der Waals surface area (Å²) in [6.45, 7) is 2.38. The zero-order valence-electron chi connectivity index (χ0n) is 12.3. The van der Waals surface area contributed by atoms with E-state index < -0.39 is 0 Å². The normalized spacial score (nSPS) is 10.1. The second-order valence-electron chi connectivity index (χ2n) is 4.66. The lowest BCUT2D eigenvalue weighted by molar-refractivity contribution is -0.117. The van der Waals surface area contributed by atoms with Crippen molar-refractivity contribution in [1.82, 2.24) is 5.32 Å². The largest absolute Gasteiger partial charge is 0.343 e. The lowest BCUT2D eigenvalue weighted by Gasteiger charge is -2.21. The molecule has 0 heterocycles. The zero-order chi connectivity index (χ0) is 15.9. The number of carbonyl (C=O) groups is 2. The van der Waals surface area contributed by atoms with Gasteiger partial charge in [0.15, 0.2) is 0 Å². The predicted octanol–water partition coefficient (Wildman–Crippen LogP) is 3.12. The summed E-state index contributed by atoms with van der Waals surface area (Å²) in [4.78, 5) is 25.9. The van der Waals surface area contributed by atoms with Crippen LogP contribution in [0.3, 0.4) is 0 Å². The number of nitrogens with zero attached hydrogens (tertiary/aromatic N) is 1. The van der Waals surface area contributed by atoms with Crippen LogP contribution in [0, 0.1) is 0 Å². The Morgan fingerprint density at radius 1 is 1.05 bits per heavy atom. The average Bonchev–Trinajstić information content (AvgIpc) is 2.55. The van der Waals surface area contributed by atoms with E-state index in [0.29, 0.717) is 17.1 Å². The molecule has 0 spiro atoms. The SMILES string of the molecule is CCN(C(=O)CNC(=O)c1ccc(Cl)cc1)c1ccccc1. The van der Waals surface area contributed by atoms with Gasteiger partial charge >= 0.3 is 0 Å². The standard InChI is InChI=1S/C17H17ClN2O2/c1-2-20(15-6-4-3-5-7-15)16(21)12-19-17(22)13-8-10-14(18)11-9-13/h3-11H,2,12H2,1H3,(H,19,22). The maximum Gasteiger partial charge on any atom is 0.251 e. The van der Waals surface area contributed by atoms with E-state index in [-0.39, 0.29) is 18.4 Å². The maximum absolute atomic E-state index is 12.3. The number of amides is 2. The average molecular weight is 317 g/mol. The summed E-state index contributed by atoms with van der Waals surface area (Å²) in [6, 6.07) is 15.9. The van der Waals surface area contributed by atoms with E-state index in [1.807, 2.05) is 37.3 Å². The molecule has 0 atom stereocenters. The molecular formula is C17H17ClN2O2. The van der Waals surface area contributed by atoms with Gasteiger partial charge in [0.1, 0.15) is 0 Å². The number of benzene rings is 2. The van der Waals surface area contributed by atoms with Gasteiger partial charge in [-0.2, -0.15) is 0 Å². The number of hydrogen-bond acceptors (Lipinski definition) is 2. The molecule has 0 aliphatic carbocycles. The first-order valence-electron chi connectivity index (χ1n) is 7.01. The topological polar surface area (TPSA) is 49.4 Å². The highest BCUT2D eigenvalue weighted by atomic mass is 35.5. The van der Waals surface area contributed by atoms with Gasteiger partial charge in [-0.05, 0) is 43.3 Å². The van der Waals surface area contributed by atoms with Crippen LogP contribution in [0.5, 0.6) is 0 Å². The van der Waals surface area contributed by atoms with Crippen LogP contribution >= 0.6 is 11.6 Å². The summed E-state index contributed by atoms with van der Waals surface area (Å²) in [6.07, 6.45) is 0. The van der Waals surface area contributed by atoms with Crippen LogP contribution in [0.15, 0.2) is 54.6 Å². The Hall–Kier alpha value is -2.33. The zero-order valence-corrected chi connectivity index (χ0v) is 13.0. The second-order valence-corrected chi connectivity index (χ2v) is 5.10. The first-order valence-corrected chi connectivity index (χ1v) is 7.38. The number of nitrogens with one attached hydrogen (secondary N) is 1. The van der Waals surface area contributed by atoms with Crippen molar-refractivity contribution in [2.24, 2.45) is 0 Å². The molecule has 2 amide bonds. The van der Waals surface area contributed by atoms with Gasteiger partial charge in [0.25, 0.3) is 5.91 Å². The van der Waals surface area contributed by atoms with Crippen LogP contribution in [0.25, 0.3) is 0 Å². The van der Waals surface area contributed by atoms with Gasteiger partial charge in [-0.1, -0.05) is 29.8 Å². The fourth-order valence-electron chi connectivity index (χ4n) is 2.07. The molecule has 0 bridgehead atoms. The van der Waals surface area contributed by atoms with Crippen LogP contribution < -0.4 is 10.2 Å². The molecule has 0 aliphatic rings. The van der Waals surface area contributed by atoms with Gasteiger partial charge < -0.3 is 10.2 Å². The summed E-state index contributed by atoms with van der Waals surface area (Å²) < 4.78 is 0. The van der Waals surface area contributed by atoms with Crippen molar-refractivity contribution in [3.05, 3.63) is 65.2 Å². The smallest absolute Gasteiger partial charge is 0.251 e. The van der Waals surface area contributed by atoms with Crippen molar-refractivity contribution in [1.29, 1.82) is 0 Å². The highest BCUT2D eigenvalue weighted by Crippen LogP contribution is 2.13. The number of halogens is 1. The van der Waals surface area contributed by atoms with E-state index >= 15 is 0 Å². The summed E-state index contributed by atoms with van der Waals surface area (Å²) in [5.74, 6) is -0.454. The van der Waals surface area contributed by atoms with Crippen LogP contribution in [-0.4, -0.2) is 24.9 Å². The van der Waals surface area contributed by atoms with Gasteiger partial charge in [0.05, 0.1) is 6.54 Å². The van der Waals surface area contributed by atoms with E-state index in [0.717, 1.165) is 5.69 Å². The monoisotopic (exact) mass is 316 g/mol. The Bertz CT molecular complexity index is 641. The molecule has 4 nitrogen and oxygen atoms in total. The first-order chi connectivity index (χ1) is 10.6. The highest BCUT2D eigenvalue weighted by molar-refractivity contribution is 6.30. The maximum atomic E-state index is 12.3. The van der Waals surface area contributed by atoms with E-state index in [1.54, 1.807) is 29.2 Å². The van der Waals surface area contributed by atoms with Crippen LogP contribution in [0.1, 0.15) is 17.3 Å². The molecule has 0 radical (unpaired) electrons. The number of rotatable bonds is 5. The van der Waals surface area contributed by atoms with Crippen molar-refractivity contribution >= 4 is 29.1 Å². The Kier molecular flexibility index (Phi) is 5.55. The predicted molar refractivity (Wildman–Crippen MR) is 88.3 cm³/mol. The minimum absolute atomic E-state index is 0.0514. The number of likely N-dealkylation sites (N-methyl/N-ethyl adjacent to an activating group) is 1. The van der Waals surface area contributed by atoms with Crippen molar-refractivity contribution in [2.75, 3.05) is 18.0 Å². The highest BCUT2D eigenvalue weighted by Gasteiger charge is 2.15. The van der Waals surface area contributed by atoms with E-state index in [1.165, 1.54) is 0 Å². The number of hydrogen-bond donors (Lipinski definition) is 1. The molecule has 2 aromatic carbocycles. The van der Waals surface area contributed by atoms with Gasteiger partial charge in [-0.3, -0.25) is 9.59 Å². The quantitative estimate of drug-likeness (QED) is 0.921. The molecular weight excluding hydrogens is 300 g/mol. The van der Waals surface area contributed by atoms with E-state index in [2.05, 4.69) is 5.32 Å². The molecule has 0 saturated heterocycles. The van der Waals surface area contributed by atoms with Crippen LogP contribution in [0.4, 0.5) is 5.69 Å². The molecule has 1 N–H and O–H groups in total. The molecule has 0 fully saturated rings.